The molecule has 23 heavy (non-hydrogen) atoms. The molecule has 0 atom stereocenters. The Hall–Kier alpha value is -2.11. The second-order valence-electron chi connectivity index (χ2n) is 4.85. The molecular weight excluding hydrogens is 314 g/mol. The third kappa shape index (κ3) is 6.67. The van der Waals surface area contributed by atoms with Gasteiger partial charge in [-0.2, -0.15) is 0 Å². The molecule has 0 spiro atoms. The summed E-state index contributed by atoms with van der Waals surface area (Å²) in [7, 11) is 1.63. The van der Waals surface area contributed by atoms with Crippen LogP contribution >= 0.6 is 12.4 Å². The summed E-state index contributed by atoms with van der Waals surface area (Å²) in [5.74, 6) is 0.0200. The number of nitrogens with zero attached hydrogens (tertiary/aromatic N) is 2. The van der Waals surface area contributed by atoms with Crippen molar-refractivity contribution in [3.8, 4) is 0 Å². The molecule has 0 bridgehead atoms. The molecule has 1 aromatic carbocycles. The molecule has 0 aliphatic carbocycles. The molecule has 1 amide bonds. The Bertz CT molecular complexity index is 567. The number of rotatable bonds is 8. The van der Waals surface area contributed by atoms with E-state index in [1.807, 2.05) is 48.5 Å². The number of halogens is 1. The number of nitrogens with one attached hydrogen (secondary N) is 1. The SMILES string of the molecule is COCCN(Cc1ccccn1)C(=O)CNc1ccccc1.Cl. The number of hydrogen-bond acceptors (Lipinski definition) is 4. The molecule has 2 rings (SSSR count). The number of hydrogen-bond donors (Lipinski definition) is 1. The van der Waals surface area contributed by atoms with E-state index in [-0.39, 0.29) is 24.9 Å². The summed E-state index contributed by atoms with van der Waals surface area (Å²) in [5.41, 5.74) is 1.80. The Balaban J connectivity index is 0.00000264. The molecule has 0 aliphatic heterocycles. The van der Waals surface area contributed by atoms with Crippen LogP contribution < -0.4 is 5.32 Å². The normalized spacial score (nSPS) is 9.78. The highest BCUT2D eigenvalue weighted by Gasteiger charge is 2.14. The lowest BCUT2D eigenvalue weighted by atomic mass is 10.3. The summed E-state index contributed by atoms with van der Waals surface area (Å²) >= 11 is 0. The maximum absolute atomic E-state index is 12.4. The van der Waals surface area contributed by atoms with E-state index in [4.69, 9.17) is 4.74 Å². The zero-order valence-corrected chi connectivity index (χ0v) is 14.0. The lowest BCUT2D eigenvalue weighted by Crippen LogP contribution is -2.37. The van der Waals surface area contributed by atoms with Crippen molar-refractivity contribution in [3.05, 3.63) is 60.4 Å². The maximum atomic E-state index is 12.4. The van der Waals surface area contributed by atoms with Crippen LogP contribution in [0, 0.1) is 0 Å². The van der Waals surface area contributed by atoms with Gasteiger partial charge in [0.05, 0.1) is 25.4 Å². The van der Waals surface area contributed by atoms with Crippen LogP contribution in [0.15, 0.2) is 54.7 Å². The average Bonchev–Trinajstić information content (AvgIpc) is 2.58. The second kappa shape index (κ2) is 10.6. The van der Waals surface area contributed by atoms with Crippen molar-refractivity contribution in [1.29, 1.82) is 0 Å². The Labute approximate surface area is 143 Å². The summed E-state index contributed by atoms with van der Waals surface area (Å²) in [6.07, 6.45) is 1.73. The van der Waals surface area contributed by atoms with Crippen LogP contribution in [0.5, 0.6) is 0 Å². The van der Waals surface area contributed by atoms with Crippen molar-refractivity contribution in [2.45, 2.75) is 6.54 Å². The Kier molecular flexibility index (Phi) is 8.72. The topological polar surface area (TPSA) is 54.5 Å². The van der Waals surface area contributed by atoms with Crippen LogP contribution in [0.1, 0.15) is 5.69 Å². The molecule has 2 aromatic rings. The molecule has 0 saturated heterocycles. The minimum absolute atomic E-state index is 0. The van der Waals surface area contributed by atoms with Gasteiger partial charge in [0.2, 0.25) is 5.91 Å². The molecule has 0 radical (unpaired) electrons. The van der Waals surface area contributed by atoms with Crippen LogP contribution in [0.25, 0.3) is 0 Å². The maximum Gasteiger partial charge on any atom is 0.242 e. The van der Waals surface area contributed by atoms with Gasteiger partial charge in [0.15, 0.2) is 0 Å². The van der Waals surface area contributed by atoms with Crippen molar-refractivity contribution < 1.29 is 9.53 Å². The van der Waals surface area contributed by atoms with Gasteiger partial charge in [0, 0.05) is 25.5 Å². The van der Waals surface area contributed by atoms with Crippen LogP contribution in [-0.2, 0) is 16.1 Å². The minimum Gasteiger partial charge on any atom is -0.383 e. The summed E-state index contributed by atoms with van der Waals surface area (Å²) in [6.45, 7) is 1.78. The van der Waals surface area contributed by atoms with Gasteiger partial charge in [-0.3, -0.25) is 9.78 Å². The van der Waals surface area contributed by atoms with Crippen molar-refractivity contribution in [3.63, 3.8) is 0 Å². The van der Waals surface area contributed by atoms with Crippen LogP contribution in [0.3, 0.4) is 0 Å². The fourth-order valence-corrected chi connectivity index (χ4v) is 2.03. The van der Waals surface area contributed by atoms with Gasteiger partial charge in [-0.05, 0) is 24.3 Å². The largest absolute Gasteiger partial charge is 0.383 e. The zero-order valence-electron chi connectivity index (χ0n) is 13.1. The first-order valence-corrected chi connectivity index (χ1v) is 7.25. The van der Waals surface area contributed by atoms with Crippen LogP contribution in [0.4, 0.5) is 5.69 Å². The van der Waals surface area contributed by atoms with Crippen molar-refractivity contribution in [2.24, 2.45) is 0 Å². The number of anilines is 1. The number of pyridine rings is 1. The van der Waals surface area contributed by atoms with E-state index >= 15 is 0 Å². The Morgan fingerprint density at radius 2 is 1.91 bits per heavy atom. The number of amides is 1. The molecule has 1 aromatic heterocycles. The van der Waals surface area contributed by atoms with Gasteiger partial charge in [0.25, 0.3) is 0 Å². The highest BCUT2D eigenvalue weighted by atomic mass is 35.5. The molecule has 0 fully saturated rings. The lowest BCUT2D eigenvalue weighted by molar-refractivity contribution is -0.130. The van der Waals surface area contributed by atoms with Crippen LogP contribution in [-0.4, -0.2) is 42.6 Å². The highest BCUT2D eigenvalue weighted by molar-refractivity contribution is 5.85. The second-order valence-corrected chi connectivity index (χ2v) is 4.85. The number of para-hydroxylation sites is 1. The van der Waals surface area contributed by atoms with Gasteiger partial charge >= 0.3 is 0 Å². The monoisotopic (exact) mass is 335 g/mol. The molecule has 0 saturated carbocycles. The van der Waals surface area contributed by atoms with Gasteiger partial charge in [-0.1, -0.05) is 24.3 Å². The molecule has 0 unspecified atom stereocenters. The van der Waals surface area contributed by atoms with Crippen molar-refractivity contribution in [2.75, 3.05) is 32.1 Å². The molecule has 5 nitrogen and oxygen atoms in total. The molecule has 124 valence electrons. The molecular formula is C17H22ClN3O2. The van der Waals surface area contributed by atoms with E-state index in [1.54, 1.807) is 18.2 Å². The predicted molar refractivity (Wildman–Crippen MR) is 93.7 cm³/mol. The predicted octanol–water partition coefficient (Wildman–Crippen LogP) is 2.59. The first kappa shape index (κ1) is 18.9. The molecule has 1 heterocycles. The smallest absolute Gasteiger partial charge is 0.242 e. The van der Waals surface area contributed by atoms with Gasteiger partial charge in [0.1, 0.15) is 0 Å². The summed E-state index contributed by atoms with van der Waals surface area (Å²) in [5, 5.41) is 3.13. The van der Waals surface area contributed by atoms with E-state index in [0.29, 0.717) is 19.7 Å². The van der Waals surface area contributed by atoms with E-state index in [9.17, 15) is 4.79 Å². The number of carbonyl (C=O) groups excluding carboxylic acids is 1. The Morgan fingerprint density at radius 3 is 2.57 bits per heavy atom. The first-order valence-electron chi connectivity index (χ1n) is 7.25. The third-order valence-electron chi connectivity index (χ3n) is 3.21. The van der Waals surface area contributed by atoms with Crippen LogP contribution in [0.2, 0.25) is 0 Å². The van der Waals surface area contributed by atoms with Gasteiger partial charge in [-0.15, -0.1) is 12.4 Å². The minimum atomic E-state index is 0. The van der Waals surface area contributed by atoms with Gasteiger partial charge < -0.3 is 15.0 Å². The highest BCUT2D eigenvalue weighted by Crippen LogP contribution is 2.06. The Morgan fingerprint density at radius 1 is 1.17 bits per heavy atom. The number of ether oxygens (including phenoxy) is 1. The average molecular weight is 336 g/mol. The number of methoxy groups -OCH3 is 1. The first-order chi connectivity index (χ1) is 10.8. The molecule has 0 aliphatic rings. The number of benzene rings is 1. The molecule has 6 heteroatoms. The lowest BCUT2D eigenvalue weighted by Gasteiger charge is -2.22. The van der Waals surface area contributed by atoms with E-state index in [1.165, 1.54) is 0 Å². The fourth-order valence-electron chi connectivity index (χ4n) is 2.03. The standard InChI is InChI=1S/C17H21N3O2.ClH/c1-22-12-11-20(14-16-9-5-6-10-18-16)17(21)13-19-15-7-3-2-4-8-15;/h2-10,19H,11-14H2,1H3;1H. The summed E-state index contributed by atoms with van der Waals surface area (Å²) < 4.78 is 5.09. The number of carbonyl (C=O) groups is 1. The molecule has 1 N–H and O–H groups in total. The fraction of sp³-hybridized carbons (Fsp3) is 0.294. The van der Waals surface area contributed by atoms with Crippen molar-refractivity contribution >= 4 is 24.0 Å². The van der Waals surface area contributed by atoms with E-state index in [0.717, 1.165) is 11.4 Å². The van der Waals surface area contributed by atoms with Crippen molar-refractivity contribution in [1.82, 2.24) is 9.88 Å². The summed E-state index contributed by atoms with van der Waals surface area (Å²) in [6, 6.07) is 15.4. The van der Waals surface area contributed by atoms with Gasteiger partial charge in [-0.25, -0.2) is 0 Å². The van der Waals surface area contributed by atoms with E-state index < -0.39 is 0 Å². The third-order valence-corrected chi connectivity index (χ3v) is 3.21. The number of aromatic nitrogens is 1. The summed E-state index contributed by atoms with van der Waals surface area (Å²) in [4.78, 5) is 18.4. The zero-order chi connectivity index (χ0) is 15.6. The quantitative estimate of drug-likeness (QED) is 0.805. The van der Waals surface area contributed by atoms with E-state index in [2.05, 4.69) is 10.3 Å².